The quantitative estimate of drug-likeness (QED) is 0.807. The van der Waals surface area contributed by atoms with Crippen LogP contribution in [-0.4, -0.2) is 33.8 Å². The van der Waals surface area contributed by atoms with Crippen molar-refractivity contribution in [1.82, 2.24) is 14.7 Å². The molecular weight excluding hydrogens is 212 g/mol. The molecule has 0 aromatic carbocycles. The van der Waals surface area contributed by atoms with Gasteiger partial charge in [0, 0.05) is 37.9 Å². The molecule has 1 aromatic heterocycles. The van der Waals surface area contributed by atoms with Crippen LogP contribution in [0.3, 0.4) is 0 Å². The average molecular weight is 234 g/mol. The standard InChI is InChI=1S/C13H22N4/c1-16-9-11(7-15-16)13(6-14)17(12-4-5-12)8-10-2-3-10/h7,9-10,12-13H,2-6,8,14H2,1H3. The molecule has 0 saturated heterocycles. The topological polar surface area (TPSA) is 47.1 Å². The van der Waals surface area contributed by atoms with E-state index in [-0.39, 0.29) is 0 Å². The van der Waals surface area contributed by atoms with Crippen LogP contribution in [0.2, 0.25) is 0 Å². The van der Waals surface area contributed by atoms with Gasteiger partial charge in [-0.3, -0.25) is 9.58 Å². The molecule has 4 heteroatoms. The fourth-order valence-corrected chi connectivity index (χ4v) is 2.61. The van der Waals surface area contributed by atoms with Gasteiger partial charge in [-0.05, 0) is 31.6 Å². The van der Waals surface area contributed by atoms with E-state index in [1.54, 1.807) is 0 Å². The second-order valence-electron chi connectivity index (χ2n) is 5.57. The molecule has 94 valence electrons. The highest BCUT2D eigenvalue weighted by atomic mass is 15.3. The third kappa shape index (κ3) is 2.53. The Morgan fingerprint density at radius 2 is 2.24 bits per heavy atom. The Labute approximate surface area is 103 Å². The highest BCUT2D eigenvalue weighted by molar-refractivity contribution is 5.13. The number of nitrogens with two attached hydrogens (primary N) is 1. The molecule has 1 heterocycles. The van der Waals surface area contributed by atoms with Gasteiger partial charge < -0.3 is 5.73 Å². The van der Waals surface area contributed by atoms with E-state index in [0.717, 1.165) is 12.0 Å². The van der Waals surface area contributed by atoms with Crippen LogP contribution < -0.4 is 5.73 Å². The molecule has 0 bridgehead atoms. The molecule has 1 aromatic rings. The second-order valence-corrected chi connectivity index (χ2v) is 5.57. The molecule has 1 unspecified atom stereocenters. The van der Waals surface area contributed by atoms with Gasteiger partial charge in [0.1, 0.15) is 0 Å². The van der Waals surface area contributed by atoms with E-state index >= 15 is 0 Å². The SMILES string of the molecule is Cn1cc(C(CN)N(CC2CC2)C2CC2)cn1. The molecule has 1 atom stereocenters. The number of hydrogen-bond donors (Lipinski definition) is 1. The normalized spacial score (nSPS) is 22.1. The van der Waals surface area contributed by atoms with Crippen molar-refractivity contribution in [1.29, 1.82) is 0 Å². The molecule has 3 rings (SSSR count). The van der Waals surface area contributed by atoms with E-state index in [0.29, 0.717) is 12.6 Å². The summed E-state index contributed by atoms with van der Waals surface area (Å²) in [6.45, 7) is 1.94. The summed E-state index contributed by atoms with van der Waals surface area (Å²) in [4.78, 5) is 2.63. The van der Waals surface area contributed by atoms with E-state index in [2.05, 4.69) is 16.2 Å². The summed E-state index contributed by atoms with van der Waals surface area (Å²) in [7, 11) is 1.97. The lowest BCUT2D eigenvalue weighted by atomic mass is 10.1. The van der Waals surface area contributed by atoms with E-state index < -0.39 is 0 Å². The van der Waals surface area contributed by atoms with Crippen LogP contribution in [0.5, 0.6) is 0 Å². The lowest BCUT2D eigenvalue weighted by Crippen LogP contribution is -2.36. The minimum atomic E-state index is 0.372. The number of aromatic nitrogens is 2. The minimum absolute atomic E-state index is 0.372. The summed E-state index contributed by atoms with van der Waals surface area (Å²) >= 11 is 0. The summed E-state index contributed by atoms with van der Waals surface area (Å²) in [5, 5.41) is 4.28. The van der Waals surface area contributed by atoms with Gasteiger partial charge in [-0.15, -0.1) is 0 Å². The maximum absolute atomic E-state index is 6.00. The largest absolute Gasteiger partial charge is 0.329 e. The Balaban J connectivity index is 1.75. The molecule has 17 heavy (non-hydrogen) atoms. The molecular formula is C13H22N4. The predicted molar refractivity (Wildman–Crippen MR) is 67.5 cm³/mol. The van der Waals surface area contributed by atoms with Crippen molar-refractivity contribution in [3.63, 3.8) is 0 Å². The first-order valence-corrected chi connectivity index (χ1v) is 6.72. The fourth-order valence-electron chi connectivity index (χ4n) is 2.61. The molecule has 0 aliphatic heterocycles. The van der Waals surface area contributed by atoms with Crippen LogP contribution >= 0.6 is 0 Å². The van der Waals surface area contributed by atoms with Gasteiger partial charge in [-0.2, -0.15) is 5.10 Å². The number of hydrogen-bond acceptors (Lipinski definition) is 3. The first kappa shape index (κ1) is 11.2. The maximum Gasteiger partial charge on any atom is 0.0538 e. The highest BCUT2D eigenvalue weighted by Gasteiger charge is 2.37. The van der Waals surface area contributed by atoms with Crippen LogP contribution in [0.15, 0.2) is 12.4 Å². The summed E-state index contributed by atoms with van der Waals surface area (Å²) < 4.78 is 1.88. The Hall–Kier alpha value is -0.870. The smallest absolute Gasteiger partial charge is 0.0538 e. The van der Waals surface area contributed by atoms with Gasteiger partial charge in [0.2, 0.25) is 0 Å². The van der Waals surface area contributed by atoms with Crippen molar-refractivity contribution in [2.24, 2.45) is 18.7 Å². The molecule has 4 nitrogen and oxygen atoms in total. The fraction of sp³-hybridized carbons (Fsp3) is 0.769. The van der Waals surface area contributed by atoms with Gasteiger partial charge in [0.25, 0.3) is 0 Å². The van der Waals surface area contributed by atoms with Crippen molar-refractivity contribution < 1.29 is 0 Å². The molecule has 0 radical (unpaired) electrons. The van der Waals surface area contributed by atoms with Crippen LogP contribution in [0, 0.1) is 5.92 Å². The molecule has 2 saturated carbocycles. The molecule has 0 spiro atoms. The maximum atomic E-state index is 6.00. The molecule has 2 N–H and O–H groups in total. The van der Waals surface area contributed by atoms with Gasteiger partial charge in [0.15, 0.2) is 0 Å². The molecule has 2 aliphatic rings. The number of rotatable bonds is 6. The van der Waals surface area contributed by atoms with E-state index in [1.165, 1.54) is 37.8 Å². The van der Waals surface area contributed by atoms with Crippen LogP contribution in [-0.2, 0) is 7.05 Å². The minimum Gasteiger partial charge on any atom is -0.329 e. The van der Waals surface area contributed by atoms with E-state index in [9.17, 15) is 0 Å². The summed E-state index contributed by atoms with van der Waals surface area (Å²) in [6.07, 6.45) is 9.60. The summed E-state index contributed by atoms with van der Waals surface area (Å²) in [5.74, 6) is 0.932. The first-order chi connectivity index (χ1) is 8.28. The van der Waals surface area contributed by atoms with Crippen molar-refractivity contribution in [2.75, 3.05) is 13.1 Å². The monoisotopic (exact) mass is 234 g/mol. The van der Waals surface area contributed by atoms with Gasteiger partial charge in [-0.1, -0.05) is 0 Å². The van der Waals surface area contributed by atoms with Crippen LogP contribution in [0.4, 0.5) is 0 Å². The van der Waals surface area contributed by atoms with Crippen molar-refractivity contribution in [3.05, 3.63) is 18.0 Å². The zero-order valence-electron chi connectivity index (χ0n) is 10.5. The zero-order chi connectivity index (χ0) is 11.8. The van der Waals surface area contributed by atoms with Crippen molar-refractivity contribution in [2.45, 2.75) is 37.8 Å². The third-order valence-electron chi connectivity index (χ3n) is 3.92. The van der Waals surface area contributed by atoms with Gasteiger partial charge in [-0.25, -0.2) is 0 Å². The Bertz CT molecular complexity index is 379. The number of nitrogens with zero attached hydrogens (tertiary/aromatic N) is 3. The average Bonchev–Trinajstić information content (AvgIpc) is 3.20. The van der Waals surface area contributed by atoms with Crippen molar-refractivity contribution >= 4 is 0 Å². The third-order valence-corrected chi connectivity index (χ3v) is 3.92. The molecule has 2 fully saturated rings. The molecule has 0 amide bonds. The predicted octanol–water partition coefficient (Wildman–Crippen LogP) is 1.29. The Kier molecular flexibility index (Phi) is 2.92. The highest BCUT2D eigenvalue weighted by Crippen LogP contribution is 2.39. The van der Waals surface area contributed by atoms with Gasteiger partial charge in [0.05, 0.1) is 12.2 Å². The number of aryl methyl sites for hydroxylation is 1. The summed E-state index contributed by atoms with van der Waals surface area (Å²) in [6, 6.07) is 1.15. The molecule has 2 aliphatic carbocycles. The van der Waals surface area contributed by atoms with Gasteiger partial charge >= 0.3 is 0 Å². The summed E-state index contributed by atoms with van der Waals surface area (Å²) in [5.41, 5.74) is 7.28. The lowest BCUT2D eigenvalue weighted by Gasteiger charge is -2.30. The van der Waals surface area contributed by atoms with Crippen molar-refractivity contribution in [3.8, 4) is 0 Å². The van der Waals surface area contributed by atoms with E-state index in [4.69, 9.17) is 5.73 Å². The second kappa shape index (κ2) is 4.42. The first-order valence-electron chi connectivity index (χ1n) is 6.72. The Morgan fingerprint density at radius 3 is 2.71 bits per heavy atom. The zero-order valence-corrected chi connectivity index (χ0v) is 10.5. The van der Waals surface area contributed by atoms with Crippen LogP contribution in [0.25, 0.3) is 0 Å². The van der Waals surface area contributed by atoms with Crippen LogP contribution in [0.1, 0.15) is 37.3 Å². The van der Waals surface area contributed by atoms with E-state index in [1.807, 2.05) is 17.9 Å². The Morgan fingerprint density at radius 1 is 1.47 bits per heavy atom. The lowest BCUT2D eigenvalue weighted by molar-refractivity contribution is 0.182.